The van der Waals surface area contributed by atoms with E-state index in [4.69, 9.17) is 9.47 Å². The van der Waals surface area contributed by atoms with Gasteiger partial charge in [0, 0.05) is 4.88 Å². The van der Waals surface area contributed by atoms with Gasteiger partial charge in [0.2, 0.25) is 0 Å². The molecule has 1 atom stereocenters. The molecule has 166 valence electrons. The van der Waals surface area contributed by atoms with Gasteiger partial charge in [-0.25, -0.2) is 9.79 Å². The third-order valence-corrected chi connectivity index (χ3v) is 6.70. The van der Waals surface area contributed by atoms with Crippen LogP contribution in [0.1, 0.15) is 44.2 Å². The number of nitrogens with zero attached hydrogens (tertiary/aromatic N) is 2. The van der Waals surface area contributed by atoms with Crippen LogP contribution in [0, 0.1) is 0 Å². The van der Waals surface area contributed by atoms with Crippen molar-refractivity contribution in [2.45, 2.75) is 39.8 Å². The van der Waals surface area contributed by atoms with Crippen molar-refractivity contribution < 1.29 is 14.3 Å². The highest BCUT2D eigenvalue weighted by atomic mass is 32.1. The minimum Gasteiger partial charge on any atom is -0.491 e. The second-order valence-corrected chi connectivity index (χ2v) is 9.54. The first-order valence-corrected chi connectivity index (χ1v) is 12.1. The first-order valence-electron chi connectivity index (χ1n) is 10.4. The van der Waals surface area contributed by atoms with Crippen LogP contribution in [0.4, 0.5) is 0 Å². The van der Waals surface area contributed by atoms with Gasteiger partial charge >= 0.3 is 5.97 Å². The minimum absolute atomic E-state index is 0.0491. The van der Waals surface area contributed by atoms with Crippen LogP contribution in [0.5, 0.6) is 5.75 Å². The molecule has 6 nitrogen and oxygen atoms in total. The lowest BCUT2D eigenvalue weighted by molar-refractivity contribution is -0.139. The van der Waals surface area contributed by atoms with Crippen molar-refractivity contribution in [1.82, 2.24) is 4.57 Å². The van der Waals surface area contributed by atoms with Crippen LogP contribution in [0.15, 0.2) is 62.8 Å². The van der Waals surface area contributed by atoms with E-state index < -0.39 is 12.0 Å². The molecule has 0 saturated carbocycles. The van der Waals surface area contributed by atoms with E-state index in [9.17, 15) is 9.59 Å². The fourth-order valence-electron chi connectivity index (χ4n) is 3.61. The molecule has 0 spiro atoms. The number of thiophene rings is 1. The van der Waals surface area contributed by atoms with Crippen molar-refractivity contribution in [3.8, 4) is 5.75 Å². The predicted octanol–water partition coefficient (Wildman–Crippen LogP) is 3.65. The second-order valence-electron chi connectivity index (χ2n) is 7.55. The highest BCUT2D eigenvalue weighted by Gasteiger charge is 2.33. The van der Waals surface area contributed by atoms with Crippen LogP contribution < -0.4 is 19.6 Å². The highest BCUT2D eigenvalue weighted by Crippen LogP contribution is 2.31. The topological polar surface area (TPSA) is 69.9 Å². The Balaban J connectivity index is 1.89. The molecule has 0 bridgehead atoms. The summed E-state index contributed by atoms with van der Waals surface area (Å²) in [6.07, 6.45) is 1.92. The van der Waals surface area contributed by atoms with Crippen molar-refractivity contribution in [1.29, 1.82) is 0 Å². The normalized spacial score (nSPS) is 16.2. The molecule has 1 aliphatic rings. The summed E-state index contributed by atoms with van der Waals surface area (Å²) in [5.41, 5.74) is 1.55. The first kappa shape index (κ1) is 22.2. The number of ether oxygens (including phenoxy) is 2. The largest absolute Gasteiger partial charge is 0.491 e. The first-order chi connectivity index (χ1) is 15.4. The molecule has 1 aliphatic heterocycles. The molecule has 0 N–H and O–H groups in total. The fraction of sp³-hybridized carbons (Fsp3) is 0.292. The molecule has 0 saturated heterocycles. The van der Waals surface area contributed by atoms with Gasteiger partial charge < -0.3 is 9.47 Å². The van der Waals surface area contributed by atoms with E-state index >= 15 is 0 Å². The van der Waals surface area contributed by atoms with E-state index in [-0.39, 0.29) is 18.3 Å². The number of hydrogen-bond acceptors (Lipinski definition) is 7. The maximum absolute atomic E-state index is 13.5. The van der Waals surface area contributed by atoms with Gasteiger partial charge in [-0.1, -0.05) is 29.5 Å². The Morgan fingerprint density at radius 3 is 2.62 bits per heavy atom. The average Bonchev–Trinajstić information content (AvgIpc) is 3.36. The molecule has 32 heavy (non-hydrogen) atoms. The van der Waals surface area contributed by atoms with Crippen LogP contribution in [0.3, 0.4) is 0 Å². The Morgan fingerprint density at radius 1 is 1.25 bits per heavy atom. The number of hydrogen-bond donors (Lipinski definition) is 0. The lowest BCUT2D eigenvalue weighted by Crippen LogP contribution is -2.39. The number of benzene rings is 1. The predicted molar refractivity (Wildman–Crippen MR) is 127 cm³/mol. The average molecular weight is 469 g/mol. The Hall–Kier alpha value is -2.97. The molecule has 0 aliphatic carbocycles. The SMILES string of the molecule is CCOC(=O)C1=C(C)N=c2s/c(=C\c3cccs3)c(=O)n2[C@@H]1c1ccc(OC(C)C)cc1. The summed E-state index contributed by atoms with van der Waals surface area (Å²) >= 11 is 2.89. The number of allylic oxidation sites excluding steroid dienone is 1. The summed E-state index contributed by atoms with van der Waals surface area (Å²) in [5, 5.41) is 1.97. The van der Waals surface area contributed by atoms with Crippen molar-refractivity contribution in [2.24, 2.45) is 4.99 Å². The number of fused-ring (bicyclic) bond motifs is 1. The number of carbonyl (C=O) groups excluding carboxylic acids is 1. The second kappa shape index (κ2) is 9.26. The summed E-state index contributed by atoms with van der Waals surface area (Å²) in [6.45, 7) is 7.71. The van der Waals surface area contributed by atoms with E-state index in [2.05, 4.69) is 4.99 Å². The quantitative estimate of drug-likeness (QED) is 0.518. The van der Waals surface area contributed by atoms with Crippen LogP contribution in [0.2, 0.25) is 0 Å². The molecule has 2 aromatic heterocycles. The molecule has 3 aromatic rings. The molecule has 0 amide bonds. The fourth-order valence-corrected chi connectivity index (χ4v) is 5.38. The van der Waals surface area contributed by atoms with Crippen LogP contribution in [-0.2, 0) is 9.53 Å². The van der Waals surface area contributed by atoms with Crippen LogP contribution in [-0.4, -0.2) is 23.2 Å². The molecule has 1 aromatic carbocycles. The zero-order chi connectivity index (χ0) is 22.8. The van der Waals surface area contributed by atoms with E-state index in [1.165, 1.54) is 11.3 Å². The molecular weight excluding hydrogens is 444 g/mol. The van der Waals surface area contributed by atoms with E-state index in [1.807, 2.05) is 61.7 Å². The van der Waals surface area contributed by atoms with Gasteiger partial charge in [0.25, 0.3) is 5.56 Å². The van der Waals surface area contributed by atoms with Crippen molar-refractivity contribution >= 4 is 34.7 Å². The molecule has 0 radical (unpaired) electrons. The lowest BCUT2D eigenvalue weighted by Gasteiger charge is -2.25. The minimum atomic E-state index is -0.621. The van der Waals surface area contributed by atoms with E-state index in [0.29, 0.717) is 20.6 Å². The summed E-state index contributed by atoms with van der Waals surface area (Å²) < 4.78 is 13.3. The number of thiazole rings is 1. The summed E-state index contributed by atoms with van der Waals surface area (Å²) in [7, 11) is 0. The Kier molecular flexibility index (Phi) is 6.43. The molecule has 8 heteroatoms. The number of esters is 1. The van der Waals surface area contributed by atoms with Crippen molar-refractivity contribution in [3.05, 3.63) is 83.2 Å². The maximum Gasteiger partial charge on any atom is 0.338 e. The summed E-state index contributed by atoms with van der Waals surface area (Å²) in [4.78, 5) is 32.5. The maximum atomic E-state index is 13.5. The third-order valence-electron chi connectivity index (χ3n) is 4.90. The zero-order valence-electron chi connectivity index (χ0n) is 18.3. The lowest BCUT2D eigenvalue weighted by atomic mass is 9.96. The van der Waals surface area contributed by atoms with Crippen molar-refractivity contribution in [3.63, 3.8) is 0 Å². The van der Waals surface area contributed by atoms with Crippen LogP contribution >= 0.6 is 22.7 Å². The molecule has 0 unspecified atom stereocenters. The Labute approximate surface area is 193 Å². The van der Waals surface area contributed by atoms with Crippen LogP contribution in [0.25, 0.3) is 6.08 Å². The molecule has 4 rings (SSSR count). The van der Waals surface area contributed by atoms with Gasteiger partial charge in [0.1, 0.15) is 5.75 Å². The van der Waals surface area contributed by atoms with Gasteiger partial charge in [-0.3, -0.25) is 9.36 Å². The monoisotopic (exact) mass is 468 g/mol. The number of rotatable bonds is 6. The Morgan fingerprint density at radius 2 is 2.00 bits per heavy atom. The van der Waals surface area contributed by atoms with E-state index in [0.717, 1.165) is 16.2 Å². The van der Waals surface area contributed by atoms with Gasteiger partial charge in [0.15, 0.2) is 4.80 Å². The smallest absolute Gasteiger partial charge is 0.338 e. The number of aromatic nitrogens is 1. The third kappa shape index (κ3) is 4.33. The highest BCUT2D eigenvalue weighted by molar-refractivity contribution is 7.11. The van der Waals surface area contributed by atoms with Gasteiger partial charge in [-0.15, -0.1) is 11.3 Å². The van der Waals surface area contributed by atoms with Gasteiger partial charge in [0.05, 0.1) is 34.6 Å². The zero-order valence-corrected chi connectivity index (χ0v) is 20.0. The molecule has 3 heterocycles. The summed E-state index contributed by atoms with van der Waals surface area (Å²) in [6, 6.07) is 10.8. The Bertz CT molecular complexity index is 1330. The van der Waals surface area contributed by atoms with Crippen molar-refractivity contribution in [2.75, 3.05) is 6.61 Å². The summed E-state index contributed by atoms with van der Waals surface area (Å²) in [5.74, 6) is 0.265. The van der Waals surface area contributed by atoms with E-state index in [1.54, 1.807) is 29.8 Å². The number of carbonyl (C=O) groups is 1. The van der Waals surface area contributed by atoms with Gasteiger partial charge in [-0.2, -0.15) is 0 Å². The molecule has 0 fully saturated rings. The molecular formula is C24H24N2O4S2. The standard InChI is InChI=1S/C24H24N2O4S2/c1-5-29-23(28)20-15(4)25-24-26(22(27)19(32-24)13-18-7-6-12-31-18)21(20)16-8-10-17(11-9-16)30-14(2)3/h6-14,21H,5H2,1-4H3/b19-13-/t21-/m1/s1. The van der Waals surface area contributed by atoms with Gasteiger partial charge in [-0.05, 0) is 62.9 Å².